The van der Waals surface area contributed by atoms with Crippen LogP contribution in [-0.4, -0.2) is 10.8 Å². The Hall–Kier alpha value is -3.32. The summed E-state index contributed by atoms with van der Waals surface area (Å²) in [6.07, 6.45) is 0. The van der Waals surface area contributed by atoms with Crippen LogP contribution in [0, 0.1) is 10.1 Å². The molecule has 3 rings (SSSR count). The molecule has 29 heavy (non-hydrogen) atoms. The van der Waals surface area contributed by atoms with Gasteiger partial charge >= 0.3 is 5.88 Å². The number of hydrogen-bond donors (Lipinski definition) is 1. The van der Waals surface area contributed by atoms with Crippen LogP contribution in [0.4, 0.5) is 5.88 Å². The number of carbonyl (C=O) groups excluding carboxylic acids is 1. The van der Waals surface area contributed by atoms with Crippen molar-refractivity contribution in [3.63, 3.8) is 0 Å². The van der Waals surface area contributed by atoms with Crippen molar-refractivity contribution in [1.82, 2.24) is 5.32 Å². The summed E-state index contributed by atoms with van der Waals surface area (Å²) in [4.78, 5) is 22.4. The Balaban J connectivity index is 1.65. The number of rotatable bonds is 7. The second kappa shape index (κ2) is 8.36. The van der Waals surface area contributed by atoms with Gasteiger partial charge in [-0.2, -0.15) is 0 Å². The molecule has 0 aliphatic heterocycles. The molecule has 2 aromatic carbocycles. The Bertz CT molecular complexity index is 1030. The molecule has 1 heterocycles. The molecule has 1 aromatic heterocycles. The Labute approximate surface area is 172 Å². The van der Waals surface area contributed by atoms with Crippen molar-refractivity contribution < 1.29 is 18.9 Å². The molecular weight excluding hydrogens is 396 g/mol. The molecule has 0 bridgehead atoms. The van der Waals surface area contributed by atoms with Crippen LogP contribution in [0.3, 0.4) is 0 Å². The number of halogens is 1. The molecule has 7 nitrogen and oxygen atoms in total. The SMILES string of the molecule is CC(C)(NC(=O)c1ccc([N+](=O)[O-])o1)c1ccc(COc2ccccc2Cl)cc1. The minimum atomic E-state index is -0.721. The Morgan fingerprint density at radius 2 is 1.83 bits per heavy atom. The van der Waals surface area contributed by atoms with E-state index in [4.69, 9.17) is 20.8 Å². The fraction of sp³-hybridized carbons (Fsp3) is 0.190. The lowest BCUT2D eigenvalue weighted by Gasteiger charge is -2.26. The van der Waals surface area contributed by atoms with Crippen LogP contribution in [0.25, 0.3) is 0 Å². The quantitative estimate of drug-likeness (QED) is 0.429. The van der Waals surface area contributed by atoms with Crippen LogP contribution in [0.1, 0.15) is 35.5 Å². The van der Waals surface area contributed by atoms with Gasteiger partial charge in [0, 0.05) is 0 Å². The van der Waals surface area contributed by atoms with Crippen molar-refractivity contribution in [2.45, 2.75) is 26.0 Å². The van der Waals surface area contributed by atoms with Crippen molar-refractivity contribution in [2.75, 3.05) is 0 Å². The second-order valence-corrected chi connectivity index (χ2v) is 7.30. The van der Waals surface area contributed by atoms with Gasteiger partial charge in [-0.25, -0.2) is 0 Å². The summed E-state index contributed by atoms with van der Waals surface area (Å²) in [6, 6.07) is 17.2. The summed E-state index contributed by atoms with van der Waals surface area (Å²) in [6.45, 7) is 4.02. The highest BCUT2D eigenvalue weighted by Gasteiger charge is 2.26. The predicted octanol–water partition coefficient (Wildman–Crippen LogP) is 5.09. The van der Waals surface area contributed by atoms with Crippen molar-refractivity contribution >= 4 is 23.4 Å². The lowest BCUT2D eigenvalue weighted by atomic mass is 9.93. The first kappa shape index (κ1) is 20.4. The summed E-state index contributed by atoms with van der Waals surface area (Å²) in [5.41, 5.74) is 1.08. The van der Waals surface area contributed by atoms with Crippen molar-refractivity contribution in [1.29, 1.82) is 0 Å². The predicted molar refractivity (Wildman–Crippen MR) is 108 cm³/mol. The third-order valence-corrected chi connectivity index (χ3v) is 4.64. The zero-order valence-electron chi connectivity index (χ0n) is 15.8. The molecule has 0 saturated heterocycles. The number of benzene rings is 2. The minimum Gasteiger partial charge on any atom is -0.487 e. The van der Waals surface area contributed by atoms with Gasteiger partial charge in [-0.05, 0) is 43.2 Å². The molecule has 3 aromatic rings. The van der Waals surface area contributed by atoms with Gasteiger partial charge in [0.15, 0.2) is 5.76 Å². The van der Waals surface area contributed by atoms with E-state index >= 15 is 0 Å². The Morgan fingerprint density at radius 3 is 2.45 bits per heavy atom. The molecule has 0 atom stereocenters. The molecule has 1 N–H and O–H groups in total. The molecule has 150 valence electrons. The molecule has 0 fully saturated rings. The first-order valence-corrected chi connectivity index (χ1v) is 9.17. The molecule has 0 unspecified atom stereocenters. The average Bonchev–Trinajstić information content (AvgIpc) is 3.18. The third-order valence-electron chi connectivity index (χ3n) is 4.33. The van der Waals surface area contributed by atoms with Gasteiger partial charge in [0.2, 0.25) is 0 Å². The normalized spacial score (nSPS) is 11.1. The number of amides is 1. The zero-order chi connectivity index (χ0) is 21.0. The lowest BCUT2D eigenvalue weighted by Crippen LogP contribution is -2.40. The molecule has 0 aliphatic rings. The van der Waals surface area contributed by atoms with E-state index < -0.39 is 22.3 Å². The van der Waals surface area contributed by atoms with E-state index in [9.17, 15) is 14.9 Å². The minimum absolute atomic E-state index is 0.116. The van der Waals surface area contributed by atoms with E-state index in [1.54, 1.807) is 12.1 Å². The van der Waals surface area contributed by atoms with Crippen molar-refractivity contribution in [3.8, 4) is 5.75 Å². The third kappa shape index (κ3) is 4.94. The largest absolute Gasteiger partial charge is 0.487 e. The molecule has 1 amide bonds. The Morgan fingerprint density at radius 1 is 1.14 bits per heavy atom. The summed E-state index contributed by atoms with van der Waals surface area (Å²) in [5, 5.41) is 14.1. The highest BCUT2D eigenvalue weighted by Crippen LogP contribution is 2.25. The second-order valence-electron chi connectivity index (χ2n) is 6.89. The molecule has 0 aliphatic carbocycles. The van der Waals surface area contributed by atoms with Gasteiger partial charge in [0.25, 0.3) is 5.91 Å². The number of ether oxygens (including phenoxy) is 1. The average molecular weight is 415 g/mol. The molecule has 0 spiro atoms. The fourth-order valence-electron chi connectivity index (χ4n) is 2.71. The van der Waals surface area contributed by atoms with E-state index in [-0.39, 0.29) is 5.76 Å². The van der Waals surface area contributed by atoms with Crippen LogP contribution in [0.15, 0.2) is 65.1 Å². The number of nitrogens with one attached hydrogen (secondary N) is 1. The first-order chi connectivity index (χ1) is 13.8. The van der Waals surface area contributed by atoms with E-state index in [1.165, 1.54) is 6.07 Å². The van der Waals surface area contributed by atoms with Gasteiger partial charge in [0.05, 0.1) is 16.6 Å². The van der Waals surface area contributed by atoms with E-state index in [1.807, 2.05) is 50.2 Å². The number of nitro groups is 1. The maximum absolute atomic E-state index is 12.4. The molecule has 0 radical (unpaired) electrons. The van der Waals surface area contributed by atoms with Gasteiger partial charge in [-0.1, -0.05) is 48.0 Å². The van der Waals surface area contributed by atoms with Crippen molar-refractivity contribution in [2.24, 2.45) is 0 Å². The van der Waals surface area contributed by atoms with E-state index in [0.717, 1.165) is 17.2 Å². The standard InChI is InChI=1S/C21H19ClN2O5/c1-21(2,23-20(25)18-11-12-19(29-18)24(26)27)15-9-7-14(8-10-15)13-28-17-6-4-3-5-16(17)22/h3-12H,13H2,1-2H3,(H,23,25). The van der Waals surface area contributed by atoms with Gasteiger partial charge < -0.3 is 14.5 Å². The van der Waals surface area contributed by atoms with Crippen LogP contribution in [0.5, 0.6) is 5.75 Å². The summed E-state index contributed by atoms with van der Waals surface area (Å²) < 4.78 is 10.7. The number of hydrogen-bond acceptors (Lipinski definition) is 5. The Kier molecular flexibility index (Phi) is 5.89. The highest BCUT2D eigenvalue weighted by atomic mass is 35.5. The van der Waals surface area contributed by atoms with E-state index in [2.05, 4.69) is 5.32 Å². The maximum Gasteiger partial charge on any atom is 0.433 e. The number of furan rings is 1. The molecule has 0 saturated carbocycles. The lowest BCUT2D eigenvalue weighted by molar-refractivity contribution is -0.402. The summed E-state index contributed by atoms with van der Waals surface area (Å²) >= 11 is 6.08. The van der Waals surface area contributed by atoms with E-state index in [0.29, 0.717) is 17.4 Å². The van der Waals surface area contributed by atoms with Crippen LogP contribution < -0.4 is 10.1 Å². The first-order valence-electron chi connectivity index (χ1n) is 8.80. The zero-order valence-corrected chi connectivity index (χ0v) is 16.6. The maximum atomic E-state index is 12.4. The van der Waals surface area contributed by atoms with Gasteiger partial charge in [0.1, 0.15) is 17.3 Å². The molecular formula is C21H19ClN2O5. The topological polar surface area (TPSA) is 94.6 Å². The number of carbonyl (C=O) groups is 1. The monoisotopic (exact) mass is 414 g/mol. The number of para-hydroxylation sites is 1. The van der Waals surface area contributed by atoms with Crippen LogP contribution in [0.2, 0.25) is 5.02 Å². The summed E-state index contributed by atoms with van der Waals surface area (Å²) in [5.74, 6) is -0.516. The van der Waals surface area contributed by atoms with Crippen LogP contribution >= 0.6 is 11.6 Å². The van der Waals surface area contributed by atoms with Crippen LogP contribution in [-0.2, 0) is 12.1 Å². The van der Waals surface area contributed by atoms with Gasteiger partial charge in [-0.3, -0.25) is 14.9 Å². The highest BCUT2D eigenvalue weighted by molar-refractivity contribution is 6.32. The van der Waals surface area contributed by atoms with Crippen molar-refractivity contribution in [3.05, 3.63) is 92.7 Å². The smallest absolute Gasteiger partial charge is 0.433 e. The molecule has 8 heteroatoms. The number of nitrogens with zero attached hydrogens (tertiary/aromatic N) is 1. The summed E-state index contributed by atoms with van der Waals surface area (Å²) in [7, 11) is 0. The van der Waals surface area contributed by atoms with Gasteiger partial charge in [-0.15, -0.1) is 0 Å². The fourth-order valence-corrected chi connectivity index (χ4v) is 2.90.